The van der Waals surface area contributed by atoms with Crippen LogP contribution in [-0.2, 0) is 18.4 Å². The largest absolute Gasteiger partial charge is 0.497 e. The van der Waals surface area contributed by atoms with Crippen molar-refractivity contribution in [1.82, 2.24) is 5.32 Å². The summed E-state index contributed by atoms with van der Waals surface area (Å²) in [6, 6.07) is 21.0. The average molecular weight is 373 g/mol. The van der Waals surface area contributed by atoms with Gasteiger partial charge in [0, 0.05) is 18.2 Å². The van der Waals surface area contributed by atoms with Crippen LogP contribution in [0, 0.1) is 0 Å². The van der Waals surface area contributed by atoms with Gasteiger partial charge >= 0.3 is 0 Å². The monoisotopic (exact) mass is 373 g/mol. The lowest BCUT2D eigenvalue weighted by atomic mass is 9.76. The topological polar surface area (TPSA) is 58.6 Å². The van der Waals surface area contributed by atoms with Crippen LogP contribution in [0.15, 0.2) is 66.7 Å². The molecule has 0 saturated heterocycles. The van der Waals surface area contributed by atoms with Crippen LogP contribution in [0.25, 0.3) is 0 Å². The van der Waals surface area contributed by atoms with Crippen LogP contribution in [0.3, 0.4) is 0 Å². The highest BCUT2D eigenvalue weighted by Crippen LogP contribution is 2.44. The second kappa shape index (κ2) is 7.13. The molecule has 28 heavy (non-hydrogen) atoms. The van der Waals surface area contributed by atoms with Crippen LogP contribution in [0.4, 0.5) is 0 Å². The number of carbonyl (C=O) groups is 1. The predicted octanol–water partition coefficient (Wildman–Crippen LogP) is 3.44. The fourth-order valence-electron chi connectivity index (χ4n) is 4.17. The van der Waals surface area contributed by atoms with Crippen molar-refractivity contribution in [1.29, 1.82) is 0 Å². The van der Waals surface area contributed by atoms with Crippen LogP contribution in [0.5, 0.6) is 5.75 Å². The van der Waals surface area contributed by atoms with Gasteiger partial charge in [-0.15, -0.1) is 0 Å². The Morgan fingerprint density at radius 1 is 0.929 bits per heavy atom. The molecule has 0 fully saturated rings. The van der Waals surface area contributed by atoms with Crippen LogP contribution in [0.2, 0.25) is 0 Å². The van der Waals surface area contributed by atoms with Gasteiger partial charge in [0.2, 0.25) is 0 Å². The third-order valence-electron chi connectivity index (χ3n) is 5.57. The highest BCUT2D eigenvalue weighted by Gasteiger charge is 2.41. The van der Waals surface area contributed by atoms with Gasteiger partial charge < -0.3 is 15.2 Å². The van der Waals surface area contributed by atoms with Crippen molar-refractivity contribution in [3.63, 3.8) is 0 Å². The number of rotatable bonds is 3. The molecule has 2 N–H and O–H groups in total. The van der Waals surface area contributed by atoms with Gasteiger partial charge in [0.15, 0.2) is 0 Å². The summed E-state index contributed by atoms with van der Waals surface area (Å²) in [5.41, 5.74) is 3.25. The fourth-order valence-corrected chi connectivity index (χ4v) is 4.17. The first-order chi connectivity index (χ1) is 13.6. The predicted molar refractivity (Wildman–Crippen MR) is 109 cm³/mol. The van der Waals surface area contributed by atoms with Crippen LogP contribution < -0.4 is 10.1 Å². The average Bonchev–Trinajstić information content (AvgIpc) is 2.88. The summed E-state index contributed by atoms with van der Waals surface area (Å²) in [6.07, 6.45) is 1.66. The van der Waals surface area contributed by atoms with Gasteiger partial charge in [-0.2, -0.15) is 0 Å². The molecule has 3 aromatic carbocycles. The highest BCUT2D eigenvalue weighted by molar-refractivity contribution is 5.96. The molecule has 4 rings (SSSR count). The molecule has 0 spiro atoms. The number of aliphatic hydroxyl groups is 1. The molecule has 4 heteroatoms. The van der Waals surface area contributed by atoms with E-state index in [0.29, 0.717) is 16.9 Å². The summed E-state index contributed by atoms with van der Waals surface area (Å²) in [5.74, 6) is 0.348. The third kappa shape index (κ3) is 2.77. The van der Waals surface area contributed by atoms with Crippen molar-refractivity contribution in [3.05, 3.63) is 100 Å². The van der Waals surface area contributed by atoms with Gasteiger partial charge in [0.1, 0.15) is 11.4 Å². The first-order valence-electron chi connectivity index (χ1n) is 9.39. The summed E-state index contributed by atoms with van der Waals surface area (Å²) in [7, 11) is 3.17. The minimum absolute atomic E-state index is 0.245. The first kappa shape index (κ1) is 18.3. The molecule has 0 aliphatic heterocycles. The number of amides is 1. The summed E-state index contributed by atoms with van der Waals surface area (Å²) < 4.78 is 5.42. The molecular weight excluding hydrogens is 350 g/mol. The molecule has 0 heterocycles. The number of fused-ring (bicyclic) bond motifs is 2. The zero-order valence-electron chi connectivity index (χ0n) is 16.0. The molecule has 0 atom stereocenters. The van der Waals surface area contributed by atoms with E-state index in [1.807, 2.05) is 48.5 Å². The fraction of sp³-hybridized carbons (Fsp3) is 0.208. The number of aryl methyl sites for hydroxylation is 2. The van der Waals surface area contributed by atoms with Crippen molar-refractivity contribution in [2.24, 2.45) is 0 Å². The van der Waals surface area contributed by atoms with Gasteiger partial charge in [-0.3, -0.25) is 4.79 Å². The maximum atomic E-state index is 12.7. The number of hydrogen-bond acceptors (Lipinski definition) is 3. The van der Waals surface area contributed by atoms with Crippen molar-refractivity contribution in [2.45, 2.75) is 18.4 Å². The molecule has 4 nitrogen and oxygen atoms in total. The molecule has 0 unspecified atom stereocenters. The maximum absolute atomic E-state index is 12.7. The molecule has 0 aromatic heterocycles. The van der Waals surface area contributed by atoms with Crippen molar-refractivity contribution >= 4 is 5.91 Å². The lowest BCUT2D eigenvalue weighted by molar-refractivity contribution is 0.0939. The zero-order chi connectivity index (χ0) is 19.7. The van der Waals surface area contributed by atoms with Gasteiger partial charge in [-0.1, -0.05) is 48.5 Å². The standard InChI is InChI=1S/C24H23NO3/c1-25-23(26)19-14-13-18(28-2)15-22(19)24(27)20-9-5-3-7-16(20)11-12-17-8-4-6-10-21(17)24/h3-10,13-15,27H,11-12H2,1-2H3,(H,25,26). The van der Waals surface area contributed by atoms with Crippen molar-refractivity contribution < 1.29 is 14.6 Å². The van der Waals surface area contributed by atoms with Crippen LogP contribution in [0.1, 0.15) is 38.2 Å². The van der Waals surface area contributed by atoms with E-state index in [2.05, 4.69) is 5.32 Å². The van der Waals surface area contributed by atoms with E-state index in [1.165, 1.54) is 0 Å². The second-order valence-electron chi connectivity index (χ2n) is 7.02. The third-order valence-corrected chi connectivity index (χ3v) is 5.57. The minimum atomic E-state index is -1.46. The number of hydrogen-bond donors (Lipinski definition) is 2. The zero-order valence-corrected chi connectivity index (χ0v) is 16.0. The number of carbonyl (C=O) groups excluding carboxylic acids is 1. The van der Waals surface area contributed by atoms with Crippen molar-refractivity contribution in [3.8, 4) is 5.75 Å². The van der Waals surface area contributed by atoms with Gasteiger partial charge in [-0.05, 0) is 53.3 Å². The second-order valence-corrected chi connectivity index (χ2v) is 7.02. The Hall–Kier alpha value is -3.11. The lowest BCUT2D eigenvalue weighted by Crippen LogP contribution is -2.34. The highest BCUT2D eigenvalue weighted by atomic mass is 16.5. The quantitative estimate of drug-likeness (QED) is 0.739. The van der Waals surface area contributed by atoms with Gasteiger partial charge in [0.05, 0.1) is 7.11 Å². The molecule has 1 aliphatic carbocycles. The van der Waals surface area contributed by atoms with E-state index in [-0.39, 0.29) is 5.91 Å². The normalized spacial score (nSPS) is 14.4. The molecular formula is C24H23NO3. The number of nitrogens with one attached hydrogen (secondary N) is 1. The lowest BCUT2D eigenvalue weighted by Gasteiger charge is -2.33. The maximum Gasteiger partial charge on any atom is 0.251 e. The van der Waals surface area contributed by atoms with Gasteiger partial charge in [0.25, 0.3) is 5.91 Å². The van der Waals surface area contributed by atoms with E-state index < -0.39 is 5.60 Å². The smallest absolute Gasteiger partial charge is 0.251 e. The Bertz CT molecular complexity index is 994. The summed E-state index contributed by atoms with van der Waals surface area (Å²) in [6.45, 7) is 0. The molecule has 142 valence electrons. The molecule has 1 aliphatic rings. The van der Waals surface area contributed by atoms with E-state index in [0.717, 1.165) is 35.1 Å². The van der Waals surface area contributed by atoms with Crippen LogP contribution in [-0.4, -0.2) is 25.2 Å². The summed E-state index contributed by atoms with van der Waals surface area (Å²) in [4.78, 5) is 12.7. The van der Waals surface area contributed by atoms with Crippen molar-refractivity contribution in [2.75, 3.05) is 14.2 Å². The first-order valence-corrected chi connectivity index (χ1v) is 9.39. The molecule has 0 saturated carbocycles. The van der Waals surface area contributed by atoms with E-state index in [9.17, 15) is 9.90 Å². The SMILES string of the molecule is CNC(=O)c1ccc(OC)cc1C1(O)c2ccccc2CCc2ccccc21. The molecule has 0 radical (unpaired) electrons. The molecule has 3 aromatic rings. The van der Waals surface area contributed by atoms with Gasteiger partial charge in [-0.25, -0.2) is 0 Å². The molecule has 1 amide bonds. The van der Waals surface area contributed by atoms with E-state index >= 15 is 0 Å². The minimum Gasteiger partial charge on any atom is -0.497 e. The Kier molecular flexibility index (Phi) is 4.65. The number of benzene rings is 3. The number of methoxy groups -OCH3 is 1. The molecule has 0 bridgehead atoms. The Morgan fingerprint density at radius 2 is 1.50 bits per heavy atom. The number of ether oxygens (including phenoxy) is 1. The van der Waals surface area contributed by atoms with E-state index in [4.69, 9.17) is 4.74 Å². The Morgan fingerprint density at radius 3 is 2.04 bits per heavy atom. The summed E-state index contributed by atoms with van der Waals surface area (Å²) >= 11 is 0. The van der Waals surface area contributed by atoms with E-state index in [1.54, 1.807) is 32.4 Å². The van der Waals surface area contributed by atoms with Crippen LogP contribution >= 0.6 is 0 Å². The Labute approximate surface area is 164 Å². The summed E-state index contributed by atoms with van der Waals surface area (Å²) in [5, 5.41) is 15.0. The Balaban J connectivity index is 2.11.